The van der Waals surface area contributed by atoms with Crippen LogP contribution in [-0.2, 0) is 14.3 Å². The fraction of sp³-hybridized carbons (Fsp3) is 0.250. The van der Waals surface area contributed by atoms with Gasteiger partial charge in [-0.15, -0.1) is 0 Å². The largest absolute Gasteiger partial charge is 0.495 e. The predicted molar refractivity (Wildman–Crippen MR) is 143 cm³/mol. The van der Waals surface area contributed by atoms with Crippen LogP contribution in [0.2, 0.25) is 0 Å². The molecule has 9 nitrogen and oxygen atoms in total. The molecule has 1 aliphatic carbocycles. The number of nitrogens with one attached hydrogen (secondary N) is 1. The van der Waals surface area contributed by atoms with E-state index in [4.69, 9.17) is 18.6 Å². The number of amides is 1. The van der Waals surface area contributed by atoms with E-state index in [2.05, 4.69) is 28.6 Å². The number of carbonyl (C=O) groups excluding carboxylic acids is 1. The summed E-state index contributed by atoms with van der Waals surface area (Å²) in [5.74, 6) is 2.30. The Morgan fingerprint density at radius 3 is 2.78 bits per heavy atom. The molecule has 2 aromatic rings. The minimum absolute atomic E-state index is 0.101. The monoisotopic (exact) mass is 502 g/mol. The zero-order chi connectivity index (χ0) is 26.2. The van der Waals surface area contributed by atoms with E-state index in [1.807, 2.05) is 36.4 Å². The lowest BCUT2D eigenvalue weighted by molar-refractivity contribution is -0.125. The number of anilines is 1. The number of ether oxygens (including phenoxy) is 3. The van der Waals surface area contributed by atoms with E-state index in [-0.39, 0.29) is 12.0 Å². The lowest BCUT2D eigenvalue weighted by atomic mass is 10.0. The minimum Gasteiger partial charge on any atom is -0.495 e. The molecule has 1 atom stereocenters. The maximum atomic E-state index is 12.0. The third kappa shape index (κ3) is 6.00. The first-order valence-electron chi connectivity index (χ1n) is 11.8. The maximum Gasteiger partial charge on any atom is 0.246 e. The number of rotatable bonds is 10. The highest BCUT2D eigenvalue weighted by Gasteiger charge is 2.28. The average molecular weight is 503 g/mol. The molecule has 0 saturated carbocycles. The molecule has 1 saturated heterocycles. The van der Waals surface area contributed by atoms with Crippen LogP contribution in [0.25, 0.3) is 11.1 Å². The van der Waals surface area contributed by atoms with Crippen molar-refractivity contribution >= 4 is 24.7 Å². The molecule has 192 valence electrons. The number of benzene rings is 1. The van der Waals surface area contributed by atoms with Crippen molar-refractivity contribution < 1.29 is 23.4 Å². The zero-order valence-corrected chi connectivity index (χ0v) is 21.0. The van der Waals surface area contributed by atoms with Gasteiger partial charge in [0.2, 0.25) is 5.91 Å². The highest BCUT2D eigenvalue weighted by molar-refractivity contribution is 5.87. The number of allylic oxidation sites excluding steroid dienone is 3. The molecular formula is C28H30N4O5. The Labute approximate surface area is 216 Å². The van der Waals surface area contributed by atoms with Crippen LogP contribution in [0, 0.1) is 0 Å². The van der Waals surface area contributed by atoms with Crippen molar-refractivity contribution in [2.75, 3.05) is 32.6 Å². The molecule has 0 bridgehead atoms. The van der Waals surface area contributed by atoms with Gasteiger partial charge >= 0.3 is 0 Å². The first-order valence-corrected chi connectivity index (χ1v) is 11.8. The summed E-state index contributed by atoms with van der Waals surface area (Å²) in [6.07, 6.45) is 10.9. The highest BCUT2D eigenvalue weighted by atomic mass is 16.5. The van der Waals surface area contributed by atoms with Crippen molar-refractivity contribution in [3.05, 3.63) is 84.5 Å². The van der Waals surface area contributed by atoms with Crippen LogP contribution in [0.4, 0.5) is 5.69 Å². The fourth-order valence-electron chi connectivity index (χ4n) is 4.20. The van der Waals surface area contributed by atoms with Gasteiger partial charge in [0.1, 0.15) is 24.0 Å². The lowest BCUT2D eigenvalue weighted by Gasteiger charge is -2.22. The molecule has 1 fully saturated rings. The molecule has 1 aliphatic heterocycles. The van der Waals surface area contributed by atoms with Gasteiger partial charge < -0.3 is 28.8 Å². The van der Waals surface area contributed by atoms with E-state index in [0.717, 1.165) is 22.4 Å². The van der Waals surface area contributed by atoms with E-state index in [9.17, 15) is 4.79 Å². The van der Waals surface area contributed by atoms with Crippen molar-refractivity contribution in [2.45, 2.75) is 18.9 Å². The van der Waals surface area contributed by atoms with Gasteiger partial charge in [0.15, 0.2) is 11.5 Å². The fourth-order valence-corrected chi connectivity index (χ4v) is 4.20. The Bertz CT molecular complexity index is 1270. The third-order valence-corrected chi connectivity index (χ3v) is 6.08. The summed E-state index contributed by atoms with van der Waals surface area (Å²) in [5.41, 5.74) is 3.47. The SMILES string of the molecule is C=CC(=O)N1CCC(OC2=C/C(=C(/N=C\N=C)Nc3cc(-c4ccoc4)ccc3OC)CC=C2OC)C1. The molecular weight excluding hydrogens is 472 g/mol. The zero-order valence-electron chi connectivity index (χ0n) is 21.0. The molecule has 0 spiro atoms. The number of likely N-dealkylation sites (tertiary alicyclic amines) is 1. The molecule has 1 aromatic heterocycles. The van der Waals surface area contributed by atoms with Crippen LogP contribution in [0.3, 0.4) is 0 Å². The van der Waals surface area contributed by atoms with Crippen LogP contribution >= 0.6 is 0 Å². The molecule has 1 amide bonds. The standard InChI is InChI=1S/C28H30N4O5/c1-5-27(33)32-12-10-22(16-32)37-26-15-20(7-9-25(26)35-4)28(30-18-29-2)31-23-14-19(6-8-24(23)34-3)21-11-13-36-17-21/h5-6,8-9,11,13-15,17-18,22,31H,1-2,7,10,12,16H2,3-4H3/b28-20-,30-18-. The molecule has 1 aromatic carbocycles. The van der Waals surface area contributed by atoms with Crippen molar-refractivity contribution in [3.63, 3.8) is 0 Å². The van der Waals surface area contributed by atoms with E-state index >= 15 is 0 Å². The van der Waals surface area contributed by atoms with Gasteiger partial charge in [-0.2, -0.15) is 0 Å². The van der Waals surface area contributed by atoms with E-state index in [1.165, 1.54) is 12.4 Å². The molecule has 2 heterocycles. The van der Waals surface area contributed by atoms with Gasteiger partial charge in [-0.05, 0) is 55.1 Å². The summed E-state index contributed by atoms with van der Waals surface area (Å²) in [6, 6.07) is 7.69. The van der Waals surface area contributed by atoms with E-state index in [0.29, 0.717) is 49.0 Å². The maximum absolute atomic E-state index is 12.0. The predicted octanol–water partition coefficient (Wildman–Crippen LogP) is 4.93. The Hall–Kier alpha value is -4.53. The molecule has 37 heavy (non-hydrogen) atoms. The van der Waals surface area contributed by atoms with Gasteiger partial charge in [-0.1, -0.05) is 12.6 Å². The first-order chi connectivity index (χ1) is 18.1. The summed E-state index contributed by atoms with van der Waals surface area (Å²) in [4.78, 5) is 22.0. The molecule has 0 radical (unpaired) electrons. The quantitative estimate of drug-likeness (QED) is 0.281. The Kier molecular flexibility index (Phi) is 8.25. The molecule has 4 rings (SSSR count). The Morgan fingerprint density at radius 1 is 1.22 bits per heavy atom. The number of nitrogens with zero attached hydrogens (tertiary/aromatic N) is 3. The van der Waals surface area contributed by atoms with Crippen LogP contribution in [0.15, 0.2) is 98.9 Å². The van der Waals surface area contributed by atoms with Crippen LogP contribution < -0.4 is 10.1 Å². The topological polar surface area (TPSA) is 97.9 Å². The summed E-state index contributed by atoms with van der Waals surface area (Å²) in [7, 11) is 3.21. The summed E-state index contributed by atoms with van der Waals surface area (Å²) in [6.45, 7) is 8.18. The van der Waals surface area contributed by atoms with Crippen LogP contribution in [-0.4, -0.2) is 57.3 Å². The van der Waals surface area contributed by atoms with Gasteiger partial charge in [0.05, 0.1) is 39.0 Å². The van der Waals surface area contributed by atoms with Crippen molar-refractivity contribution in [1.29, 1.82) is 0 Å². The average Bonchev–Trinajstić information content (AvgIpc) is 3.63. The third-order valence-electron chi connectivity index (χ3n) is 6.08. The number of hydrogen-bond donors (Lipinski definition) is 1. The number of aliphatic imine (C=N–C) groups is 2. The number of carbonyl (C=O) groups is 1. The second-order valence-electron chi connectivity index (χ2n) is 8.36. The normalized spacial score (nSPS) is 18.6. The summed E-state index contributed by atoms with van der Waals surface area (Å²) < 4.78 is 22.7. The Morgan fingerprint density at radius 2 is 2.08 bits per heavy atom. The van der Waals surface area contributed by atoms with E-state index < -0.39 is 0 Å². The molecule has 9 heteroatoms. The summed E-state index contributed by atoms with van der Waals surface area (Å²) in [5, 5.41) is 3.39. The summed E-state index contributed by atoms with van der Waals surface area (Å²) >= 11 is 0. The first kappa shape index (κ1) is 25.6. The molecule has 2 aliphatic rings. The van der Waals surface area contributed by atoms with Crippen molar-refractivity contribution in [1.82, 2.24) is 4.90 Å². The van der Waals surface area contributed by atoms with Crippen LogP contribution in [0.5, 0.6) is 5.75 Å². The second kappa shape index (κ2) is 11.9. The highest BCUT2D eigenvalue weighted by Crippen LogP contribution is 2.34. The van der Waals surface area contributed by atoms with E-state index in [1.54, 1.807) is 31.6 Å². The van der Waals surface area contributed by atoms with Crippen LogP contribution in [0.1, 0.15) is 12.8 Å². The number of furan rings is 1. The van der Waals surface area contributed by atoms with Gasteiger partial charge in [0, 0.05) is 24.1 Å². The number of methoxy groups -OCH3 is 2. The lowest BCUT2D eigenvalue weighted by Crippen LogP contribution is -2.28. The molecule has 1 unspecified atom stereocenters. The second-order valence-corrected chi connectivity index (χ2v) is 8.36. The van der Waals surface area contributed by atoms with Crippen molar-refractivity contribution in [3.8, 4) is 16.9 Å². The number of hydrogen-bond acceptors (Lipinski definition) is 7. The van der Waals surface area contributed by atoms with Gasteiger partial charge in [-0.3, -0.25) is 9.79 Å². The van der Waals surface area contributed by atoms with Crippen molar-refractivity contribution in [2.24, 2.45) is 9.98 Å². The van der Waals surface area contributed by atoms with Gasteiger partial charge in [-0.25, -0.2) is 4.99 Å². The molecule has 1 N–H and O–H groups in total. The smallest absolute Gasteiger partial charge is 0.246 e. The minimum atomic E-state index is -0.158. The van der Waals surface area contributed by atoms with Gasteiger partial charge in [0.25, 0.3) is 0 Å². The Balaban J connectivity index is 1.65.